The van der Waals surface area contributed by atoms with Gasteiger partial charge in [0.2, 0.25) is 0 Å². The summed E-state index contributed by atoms with van der Waals surface area (Å²) in [5.41, 5.74) is 2.65. The third-order valence-corrected chi connectivity index (χ3v) is 6.92. The zero-order valence-corrected chi connectivity index (χ0v) is 25.6. The maximum atomic E-state index is 12.5. The zero-order valence-electron chi connectivity index (χ0n) is 25.6. The summed E-state index contributed by atoms with van der Waals surface area (Å²) in [7, 11) is 0. The maximum absolute atomic E-state index is 12.5. The van der Waals surface area contributed by atoms with Gasteiger partial charge in [0.25, 0.3) is 0 Å². The summed E-state index contributed by atoms with van der Waals surface area (Å²) in [4.78, 5) is 36.7. The number of hydrogen-bond donors (Lipinski definition) is 3. The van der Waals surface area contributed by atoms with E-state index in [1.54, 1.807) is 20.8 Å². The number of aryl methyl sites for hydroxylation is 1. The van der Waals surface area contributed by atoms with Crippen LogP contribution in [0.5, 0.6) is 0 Å². The Morgan fingerprint density at radius 1 is 1.00 bits per heavy atom. The molecule has 232 valence electrons. The molecule has 9 heteroatoms. The molecule has 0 saturated heterocycles. The molecular formula is C34H44N2O7. The summed E-state index contributed by atoms with van der Waals surface area (Å²) >= 11 is 0. The van der Waals surface area contributed by atoms with E-state index in [1.165, 1.54) is 5.56 Å². The van der Waals surface area contributed by atoms with Crippen LogP contribution in [0.1, 0.15) is 70.1 Å². The molecular weight excluding hydrogens is 548 g/mol. The van der Waals surface area contributed by atoms with Crippen LogP contribution in [0.25, 0.3) is 5.57 Å². The van der Waals surface area contributed by atoms with E-state index < -0.39 is 35.4 Å². The molecule has 3 rings (SSSR count). The lowest BCUT2D eigenvalue weighted by Crippen LogP contribution is -2.47. The minimum absolute atomic E-state index is 0.00856. The number of nitrogens with one attached hydrogen (secondary N) is 2. The van der Waals surface area contributed by atoms with Crippen LogP contribution in [0.4, 0.5) is 9.59 Å². The summed E-state index contributed by atoms with van der Waals surface area (Å²) in [6, 6.07) is 16.1. The molecule has 0 aliphatic heterocycles. The molecule has 0 saturated carbocycles. The number of aliphatic carboxylic acids is 1. The number of unbranched alkanes of at least 4 members (excludes halogenated alkanes) is 1. The van der Waals surface area contributed by atoms with Gasteiger partial charge in [0, 0.05) is 19.6 Å². The highest BCUT2D eigenvalue weighted by Gasteiger charge is 2.36. The van der Waals surface area contributed by atoms with Crippen LogP contribution in [0.2, 0.25) is 0 Å². The Kier molecular flexibility index (Phi) is 12.4. The Labute approximate surface area is 254 Å². The molecule has 0 radical (unpaired) electrons. The fraction of sp³-hybridized carbons (Fsp3) is 0.441. The smallest absolute Gasteiger partial charge is 0.408 e. The standard InChI is InChI=1S/C34H44N2O7/c1-5-26-15-9-10-16-28(26)27-17-19-34(20-18-27,42-22-12-11-21-35-31(39)43-33(2,3)4)23-29(30(37)38)36-32(40)41-24-25-13-7-6-8-14-25/h6-10,13-19,29H,5,11-12,20-24H2,1-4H3,(H,35,39)(H,36,40)(H,37,38). The molecule has 2 atom stereocenters. The van der Waals surface area contributed by atoms with Crippen molar-refractivity contribution in [3.8, 4) is 0 Å². The molecule has 0 heterocycles. The van der Waals surface area contributed by atoms with Crippen molar-refractivity contribution in [1.29, 1.82) is 0 Å². The van der Waals surface area contributed by atoms with E-state index in [0.29, 0.717) is 32.4 Å². The second-order valence-corrected chi connectivity index (χ2v) is 11.6. The van der Waals surface area contributed by atoms with Crippen LogP contribution in [-0.4, -0.2) is 53.7 Å². The molecule has 2 amide bonds. The highest BCUT2D eigenvalue weighted by atomic mass is 16.6. The number of carboxylic acids is 1. The molecule has 0 fully saturated rings. The van der Waals surface area contributed by atoms with Crippen molar-refractivity contribution in [3.63, 3.8) is 0 Å². The van der Waals surface area contributed by atoms with Crippen molar-refractivity contribution in [1.82, 2.24) is 10.6 Å². The van der Waals surface area contributed by atoms with E-state index in [9.17, 15) is 19.5 Å². The Balaban J connectivity index is 1.66. The molecule has 0 bridgehead atoms. The van der Waals surface area contributed by atoms with Crippen molar-refractivity contribution in [2.45, 2.75) is 83.6 Å². The van der Waals surface area contributed by atoms with Gasteiger partial charge in [0.15, 0.2) is 0 Å². The van der Waals surface area contributed by atoms with E-state index in [4.69, 9.17) is 14.2 Å². The molecule has 43 heavy (non-hydrogen) atoms. The van der Waals surface area contributed by atoms with E-state index in [2.05, 4.69) is 35.8 Å². The number of amides is 2. The topological polar surface area (TPSA) is 123 Å². The maximum Gasteiger partial charge on any atom is 0.408 e. The second-order valence-electron chi connectivity index (χ2n) is 11.6. The monoisotopic (exact) mass is 592 g/mol. The minimum atomic E-state index is -1.24. The largest absolute Gasteiger partial charge is 0.480 e. The molecule has 2 aromatic rings. The van der Waals surface area contributed by atoms with Crippen molar-refractivity contribution in [3.05, 3.63) is 89.5 Å². The fourth-order valence-electron chi connectivity index (χ4n) is 4.75. The van der Waals surface area contributed by atoms with Crippen molar-refractivity contribution < 1.29 is 33.7 Å². The third kappa shape index (κ3) is 11.2. The van der Waals surface area contributed by atoms with Gasteiger partial charge in [0.1, 0.15) is 18.2 Å². The number of ether oxygens (including phenoxy) is 3. The van der Waals surface area contributed by atoms with Crippen LogP contribution < -0.4 is 10.6 Å². The van der Waals surface area contributed by atoms with Crippen LogP contribution in [0.15, 0.2) is 72.8 Å². The first-order chi connectivity index (χ1) is 20.5. The number of carbonyl (C=O) groups is 3. The molecule has 2 unspecified atom stereocenters. The van der Waals surface area contributed by atoms with Gasteiger partial charge in [-0.25, -0.2) is 14.4 Å². The fourth-order valence-corrected chi connectivity index (χ4v) is 4.75. The highest BCUT2D eigenvalue weighted by molar-refractivity contribution is 5.81. The van der Waals surface area contributed by atoms with Crippen LogP contribution in [0, 0.1) is 0 Å². The summed E-state index contributed by atoms with van der Waals surface area (Å²) < 4.78 is 16.9. The van der Waals surface area contributed by atoms with Crippen molar-refractivity contribution in [2.24, 2.45) is 0 Å². The molecule has 2 aromatic carbocycles. The first kappa shape index (κ1) is 33.4. The number of alkyl carbamates (subject to hydrolysis) is 2. The number of carboxylic acid groups (broad SMARTS) is 1. The predicted molar refractivity (Wildman–Crippen MR) is 166 cm³/mol. The Morgan fingerprint density at radius 3 is 2.37 bits per heavy atom. The molecule has 1 aliphatic carbocycles. The lowest BCUT2D eigenvalue weighted by atomic mass is 9.83. The Bertz CT molecular complexity index is 1280. The van der Waals surface area contributed by atoms with Gasteiger partial charge in [-0.3, -0.25) is 0 Å². The van der Waals surface area contributed by atoms with Gasteiger partial charge >= 0.3 is 18.2 Å². The van der Waals surface area contributed by atoms with Gasteiger partial charge < -0.3 is 30.0 Å². The molecule has 9 nitrogen and oxygen atoms in total. The number of benzene rings is 2. The van der Waals surface area contributed by atoms with E-state index >= 15 is 0 Å². The van der Waals surface area contributed by atoms with Crippen LogP contribution in [-0.2, 0) is 32.0 Å². The molecule has 3 N–H and O–H groups in total. The van der Waals surface area contributed by atoms with E-state index in [1.807, 2.05) is 54.6 Å². The second kappa shape index (κ2) is 15.9. The van der Waals surface area contributed by atoms with E-state index in [-0.39, 0.29) is 13.0 Å². The van der Waals surface area contributed by atoms with Crippen LogP contribution >= 0.6 is 0 Å². The van der Waals surface area contributed by atoms with Gasteiger partial charge in [-0.2, -0.15) is 0 Å². The normalized spacial score (nSPS) is 17.0. The predicted octanol–water partition coefficient (Wildman–Crippen LogP) is 6.42. The first-order valence-electron chi connectivity index (χ1n) is 14.8. The summed E-state index contributed by atoms with van der Waals surface area (Å²) in [6.45, 7) is 8.31. The Morgan fingerprint density at radius 2 is 1.72 bits per heavy atom. The van der Waals surface area contributed by atoms with E-state index in [0.717, 1.165) is 23.1 Å². The van der Waals surface area contributed by atoms with Crippen LogP contribution in [0.3, 0.4) is 0 Å². The zero-order chi connectivity index (χ0) is 31.3. The number of allylic oxidation sites excluding steroid dienone is 2. The average molecular weight is 593 g/mol. The lowest BCUT2D eigenvalue weighted by Gasteiger charge is -2.35. The van der Waals surface area contributed by atoms with Gasteiger partial charge in [0.05, 0.1) is 5.60 Å². The molecule has 1 aliphatic rings. The van der Waals surface area contributed by atoms with Crippen molar-refractivity contribution in [2.75, 3.05) is 13.2 Å². The SMILES string of the molecule is CCc1ccccc1C1=CCC(CC(NC(=O)OCc2ccccc2)C(=O)O)(OCCCCNC(=O)OC(C)(C)C)C=C1. The van der Waals surface area contributed by atoms with Gasteiger partial charge in [-0.15, -0.1) is 0 Å². The summed E-state index contributed by atoms with van der Waals surface area (Å²) in [5, 5.41) is 15.2. The first-order valence-corrected chi connectivity index (χ1v) is 14.8. The summed E-state index contributed by atoms with van der Waals surface area (Å²) in [5.74, 6) is -1.18. The van der Waals surface area contributed by atoms with Gasteiger partial charge in [-0.05, 0) is 68.7 Å². The average Bonchev–Trinajstić information content (AvgIpc) is 2.97. The quantitative estimate of drug-likeness (QED) is 0.216. The molecule has 0 spiro atoms. The molecule has 0 aromatic heterocycles. The lowest BCUT2D eigenvalue weighted by molar-refractivity contribution is -0.141. The number of rotatable bonds is 14. The minimum Gasteiger partial charge on any atom is -0.480 e. The number of carbonyl (C=O) groups excluding carboxylic acids is 2. The van der Waals surface area contributed by atoms with Crippen molar-refractivity contribution >= 4 is 23.7 Å². The third-order valence-electron chi connectivity index (χ3n) is 6.92. The Hall–Kier alpha value is -4.11. The van der Waals surface area contributed by atoms with Gasteiger partial charge in [-0.1, -0.05) is 79.7 Å². The summed E-state index contributed by atoms with van der Waals surface area (Å²) in [6.07, 6.45) is 7.25. The highest BCUT2D eigenvalue weighted by Crippen LogP contribution is 2.34. The number of hydrogen-bond acceptors (Lipinski definition) is 6.